The van der Waals surface area contributed by atoms with E-state index in [-0.39, 0.29) is 16.7 Å². The number of nitrogens with zero attached hydrogens (tertiary/aromatic N) is 2. The standard InChI is InChI=1S/C17H11BrClN3O2S/c18-12-8-10(6-7-14(12)23)9-13(19)16-21-22-17(25-16)15(24)20-11-4-2-1-3-5-11/h1-9,23H,(H,20,24)/b13-9-. The minimum Gasteiger partial charge on any atom is -0.507 e. The molecule has 0 saturated heterocycles. The molecule has 2 aromatic carbocycles. The summed E-state index contributed by atoms with van der Waals surface area (Å²) in [5, 5.41) is 21.1. The van der Waals surface area contributed by atoms with Crippen molar-refractivity contribution in [2.45, 2.75) is 0 Å². The third-order valence-corrected chi connectivity index (χ3v) is 5.11. The first kappa shape index (κ1) is 17.6. The van der Waals surface area contributed by atoms with Crippen LogP contribution < -0.4 is 5.32 Å². The van der Waals surface area contributed by atoms with E-state index in [9.17, 15) is 9.90 Å². The summed E-state index contributed by atoms with van der Waals surface area (Å²) in [6, 6.07) is 14.1. The van der Waals surface area contributed by atoms with Gasteiger partial charge in [0.05, 0.1) is 9.51 Å². The third-order valence-electron chi connectivity index (χ3n) is 3.12. The number of carbonyl (C=O) groups is 1. The zero-order chi connectivity index (χ0) is 17.8. The lowest BCUT2D eigenvalue weighted by Crippen LogP contribution is -2.11. The maximum atomic E-state index is 12.2. The van der Waals surface area contributed by atoms with Gasteiger partial charge in [-0.1, -0.05) is 47.2 Å². The first-order valence-electron chi connectivity index (χ1n) is 7.09. The largest absolute Gasteiger partial charge is 0.507 e. The average molecular weight is 437 g/mol. The summed E-state index contributed by atoms with van der Waals surface area (Å²) < 4.78 is 0.561. The number of hydrogen-bond donors (Lipinski definition) is 2. The Hall–Kier alpha value is -2.22. The zero-order valence-corrected chi connectivity index (χ0v) is 15.8. The number of anilines is 1. The Labute approximate surface area is 161 Å². The van der Waals surface area contributed by atoms with Crippen molar-refractivity contribution in [2.24, 2.45) is 0 Å². The van der Waals surface area contributed by atoms with Gasteiger partial charge < -0.3 is 10.4 Å². The van der Waals surface area contributed by atoms with E-state index in [2.05, 4.69) is 31.4 Å². The van der Waals surface area contributed by atoms with Crippen LogP contribution in [0.2, 0.25) is 0 Å². The summed E-state index contributed by atoms with van der Waals surface area (Å²) in [6.45, 7) is 0. The molecule has 1 heterocycles. The predicted molar refractivity (Wildman–Crippen MR) is 104 cm³/mol. The van der Waals surface area contributed by atoms with Crippen LogP contribution >= 0.6 is 38.9 Å². The molecule has 0 bridgehead atoms. The Morgan fingerprint density at radius 2 is 1.88 bits per heavy atom. The second kappa shape index (κ2) is 7.77. The number of hydrogen-bond acceptors (Lipinski definition) is 5. The summed E-state index contributed by atoms with van der Waals surface area (Å²) in [5.74, 6) is -0.198. The second-order valence-electron chi connectivity index (χ2n) is 4.94. The highest BCUT2D eigenvalue weighted by atomic mass is 79.9. The van der Waals surface area contributed by atoms with Gasteiger partial charge in [-0.05, 0) is 51.8 Å². The van der Waals surface area contributed by atoms with Crippen molar-refractivity contribution in [3.05, 3.63) is 68.6 Å². The molecule has 3 aromatic rings. The van der Waals surface area contributed by atoms with Crippen LogP contribution in [0.3, 0.4) is 0 Å². The number of para-hydroxylation sites is 1. The van der Waals surface area contributed by atoms with E-state index in [0.717, 1.165) is 16.9 Å². The summed E-state index contributed by atoms with van der Waals surface area (Å²) in [7, 11) is 0. The van der Waals surface area contributed by atoms with Crippen molar-refractivity contribution < 1.29 is 9.90 Å². The van der Waals surface area contributed by atoms with E-state index in [1.807, 2.05) is 18.2 Å². The maximum absolute atomic E-state index is 12.2. The van der Waals surface area contributed by atoms with Gasteiger partial charge in [-0.15, -0.1) is 10.2 Å². The molecule has 3 rings (SSSR count). The van der Waals surface area contributed by atoms with Crippen molar-refractivity contribution in [2.75, 3.05) is 5.32 Å². The topological polar surface area (TPSA) is 75.1 Å². The summed E-state index contributed by atoms with van der Waals surface area (Å²) in [6.07, 6.45) is 1.69. The first-order valence-corrected chi connectivity index (χ1v) is 9.07. The van der Waals surface area contributed by atoms with Gasteiger partial charge in [0, 0.05) is 5.69 Å². The summed E-state index contributed by atoms with van der Waals surface area (Å²) >= 11 is 10.6. The highest BCUT2D eigenvalue weighted by Crippen LogP contribution is 2.29. The number of aromatic hydroxyl groups is 1. The van der Waals surface area contributed by atoms with Gasteiger partial charge >= 0.3 is 0 Å². The fraction of sp³-hybridized carbons (Fsp3) is 0. The van der Waals surface area contributed by atoms with Crippen LogP contribution in [0.25, 0.3) is 11.1 Å². The number of carbonyl (C=O) groups excluding carboxylic acids is 1. The number of phenols is 1. The molecule has 0 spiro atoms. The lowest BCUT2D eigenvalue weighted by molar-refractivity contribution is 0.102. The molecule has 126 valence electrons. The Bertz CT molecular complexity index is 944. The van der Waals surface area contributed by atoms with Crippen molar-refractivity contribution in [1.82, 2.24) is 10.2 Å². The highest BCUT2D eigenvalue weighted by molar-refractivity contribution is 9.10. The Kier molecular flexibility index (Phi) is 5.47. The van der Waals surface area contributed by atoms with Gasteiger partial charge in [0.2, 0.25) is 5.01 Å². The molecule has 0 fully saturated rings. The van der Waals surface area contributed by atoms with E-state index in [0.29, 0.717) is 20.2 Å². The molecule has 0 radical (unpaired) electrons. The first-order chi connectivity index (χ1) is 12.0. The fourth-order valence-electron chi connectivity index (χ4n) is 1.94. The number of amides is 1. The van der Waals surface area contributed by atoms with Crippen LogP contribution in [0, 0.1) is 0 Å². The van der Waals surface area contributed by atoms with Gasteiger partial charge in [0.15, 0.2) is 5.01 Å². The van der Waals surface area contributed by atoms with Gasteiger partial charge in [0.1, 0.15) is 5.75 Å². The highest BCUT2D eigenvalue weighted by Gasteiger charge is 2.14. The molecular weight excluding hydrogens is 426 g/mol. The van der Waals surface area contributed by atoms with Gasteiger partial charge in [-0.3, -0.25) is 4.79 Å². The van der Waals surface area contributed by atoms with E-state index < -0.39 is 0 Å². The normalized spacial score (nSPS) is 11.4. The number of halogens is 2. The fourth-order valence-corrected chi connectivity index (χ4v) is 3.26. The van der Waals surface area contributed by atoms with Crippen LogP contribution in [-0.2, 0) is 0 Å². The van der Waals surface area contributed by atoms with Crippen LogP contribution in [0.15, 0.2) is 53.0 Å². The minimum absolute atomic E-state index is 0.143. The van der Waals surface area contributed by atoms with Crippen molar-refractivity contribution >= 4 is 61.6 Å². The lowest BCUT2D eigenvalue weighted by atomic mass is 10.2. The van der Waals surface area contributed by atoms with Gasteiger partial charge in [0.25, 0.3) is 5.91 Å². The molecule has 0 aliphatic heterocycles. The van der Waals surface area contributed by atoms with E-state index >= 15 is 0 Å². The molecule has 1 aromatic heterocycles. The molecule has 25 heavy (non-hydrogen) atoms. The SMILES string of the molecule is O=C(Nc1ccccc1)c1nnc(/C(Cl)=C/c2ccc(O)c(Br)c2)s1. The number of benzene rings is 2. The lowest BCUT2D eigenvalue weighted by Gasteiger charge is -2.00. The van der Waals surface area contributed by atoms with E-state index in [1.165, 1.54) is 0 Å². The van der Waals surface area contributed by atoms with E-state index in [1.54, 1.807) is 36.4 Å². The molecule has 1 amide bonds. The minimum atomic E-state index is -0.341. The number of nitrogens with one attached hydrogen (secondary N) is 1. The van der Waals surface area contributed by atoms with Crippen LogP contribution in [0.4, 0.5) is 5.69 Å². The molecule has 0 aliphatic rings. The molecule has 8 heteroatoms. The Balaban J connectivity index is 1.77. The monoisotopic (exact) mass is 435 g/mol. The van der Waals surface area contributed by atoms with Crippen LogP contribution in [0.1, 0.15) is 20.4 Å². The second-order valence-corrected chi connectivity index (χ2v) is 7.17. The molecule has 5 nitrogen and oxygen atoms in total. The molecule has 0 atom stereocenters. The van der Waals surface area contributed by atoms with Gasteiger partial charge in [-0.2, -0.15) is 0 Å². The third kappa shape index (κ3) is 4.45. The zero-order valence-electron chi connectivity index (χ0n) is 12.6. The van der Waals surface area contributed by atoms with Crippen LogP contribution in [0.5, 0.6) is 5.75 Å². The van der Waals surface area contributed by atoms with E-state index in [4.69, 9.17) is 11.6 Å². The molecule has 2 N–H and O–H groups in total. The predicted octanol–water partition coefficient (Wildman–Crippen LogP) is 5.00. The van der Waals surface area contributed by atoms with Crippen molar-refractivity contribution in [1.29, 1.82) is 0 Å². The van der Waals surface area contributed by atoms with Crippen LogP contribution in [-0.4, -0.2) is 21.2 Å². The van der Waals surface area contributed by atoms with Crippen molar-refractivity contribution in [3.63, 3.8) is 0 Å². The molecule has 0 saturated carbocycles. The molecule has 0 aliphatic carbocycles. The average Bonchev–Trinajstić information content (AvgIpc) is 3.09. The Morgan fingerprint density at radius 1 is 1.16 bits per heavy atom. The Morgan fingerprint density at radius 3 is 2.60 bits per heavy atom. The maximum Gasteiger partial charge on any atom is 0.286 e. The quantitative estimate of drug-likeness (QED) is 0.604. The number of phenolic OH excluding ortho intramolecular Hbond substituents is 1. The number of aromatic nitrogens is 2. The summed E-state index contributed by atoms with van der Waals surface area (Å²) in [5.41, 5.74) is 1.46. The summed E-state index contributed by atoms with van der Waals surface area (Å²) in [4.78, 5) is 12.2. The smallest absolute Gasteiger partial charge is 0.286 e. The molecule has 0 unspecified atom stereocenters. The molecular formula is C17H11BrClN3O2S. The van der Waals surface area contributed by atoms with Gasteiger partial charge in [-0.25, -0.2) is 0 Å². The number of rotatable bonds is 4. The van der Waals surface area contributed by atoms with Crippen molar-refractivity contribution in [3.8, 4) is 5.75 Å².